The number of hydrogen-bond acceptors (Lipinski definition) is 20. The summed E-state index contributed by atoms with van der Waals surface area (Å²) in [5, 5.41) is 0.460. The van der Waals surface area contributed by atoms with Gasteiger partial charge in [-0.05, 0) is 122 Å². The first kappa shape index (κ1) is 70.5. The highest BCUT2D eigenvalue weighted by Crippen LogP contribution is 2.57. The van der Waals surface area contributed by atoms with Crippen LogP contribution < -0.4 is 71.2 Å². The lowest BCUT2D eigenvalue weighted by atomic mass is 10.0. The highest BCUT2D eigenvalue weighted by Gasteiger charge is 2.34. The highest BCUT2D eigenvalue weighted by atomic mass is 32.1. The number of rotatable bonds is 20. The van der Waals surface area contributed by atoms with Crippen LogP contribution in [0.1, 0.15) is 66.6 Å². The van der Waals surface area contributed by atoms with Crippen LogP contribution in [-0.4, -0.2) is 76.5 Å². The lowest BCUT2D eigenvalue weighted by Crippen LogP contribution is -3.10. The van der Waals surface area contributed by atoms with Crippen LogP contribution in [0.15, 0.2) is 158 Å². The number of carbonyl (C=O) groups is 2. The van der Waals surface area contributed by atoms with Crippen LogP contribution in [-0.2, 0) is 75.4 Å². The van der Waals surface area contributed by atoms with Crippen molar-refractivity contribution in [3.63, 3.8) is 0 Å². The average molecular weight is 1350 g/mol. The largest absolute Gasteiger partial charge is 0.775 e. The van der Waals surface area contributed by atoms with Crippen LogP contribution in [0.5, 0.6) is 23.0 Å². The minimum atomic E-state index is -4.73. The van der Waals surface area contributed by atoms with Gasteiger partial charge in [-0.2, -0.15) is 0 Å². The smallest absolute Gasteiger partial charge is 0.363 e. The number of carbonyl (C=O) groups excluding carboxylic acids is 2. The standard InChI is InChI=1S/2C17H20N2O2S.2C14H16O7P2/c2*1-2-21-17(20)15-13-8-9-19(11-14(13)22-16(15)18)10-12-6-4-3-5-7-12;2*1-19-11-3-7-13(8-4-11)22(15,16)21-23(17,18)14-9-5-12(20-2)6-10-14/h2*3-7H,2,8-11,18H2,1H3;2*3-10H,1-2H3,(H,15,16)(H,17,18). The molecular formula is C62H72N4O18P4S2. The predicted octanol–water partition coefficient (Wildman–Crippen LogP) is 6.12. The van der Waals surface area contributed by atoms with Gasteiger partial charge >= 0.3 is 27.1 Å². The third-order valence-corrected chi connectivity index (χ3v) is 23.5. The summed E-state index contributed by atoms with van der Waals surface area (Å²) >= 11 is 3.08. The maximum absolute atomic E-state index is 12.2. The number of methoxy groups -OCH3 is 4. The van der Waals surface area contributed by atoms with E-state index in [0.29, 0.717) is 57.3 Å². The first-order valence-electron chi connectivity index (χ1n) is 28.1. The molecule has 22 nitrogen and oxygen atoms in total. The van der Waals surface area contributed by atoms with Crippen molar-refractivity contribution in [3.8, 4) is 23.0 Å². The molecule has 90 heavy (non-hydrogen) atoms. The Labute approximate surface area is 530 Å². The molecule has 10 rings (SSSR count). The van der Waals surface area contributed by atoms with Crippen LogP contribution in [0, 0.1) is 0 Å². The zero-order valence-corrected chi connectivity index (χ0v) is 55.5. The maximum atomic E-state index is 12.2. The van der Waals surface area contributed by atoms with Gasteiger partial charge in [0.1, 0.15) is 59.2 Å². The van der Waals surface area contributed by atoms with E-state index in [1.54, 1.807) is 22.7 Å². The lowest BCUT2D eigenvalue weighted by molar-refractivity contribution is -0.929. The summed E-state index contributed by atoms with van der Waals surface area (Å²) in [6.45, 7) is 10.3. The maximum Gasteiger partial charge on any atom is 0.363 e. The fourth-order valence-electron chi connectivity index (χ4n) is 9.59. The Hall–Kier alpha value is -6.94. The van der Waals surface area contributed by atoms with Crippen LogP contribution in [0.25, 0.3) is 0 Å². The minimum Gasteiger partial charge on any atom is -0.775 e. The van der Waals surface area contributed by atoms with Crippen molar-refractivity contribution in [2.45, 2.75) is 52.9 Å². The average Bonchev–Trinajstić information content (AvgIpc) is 2.09. The summed E-state index contributed by atoms with van der Waals surface area (Å²) in [6, 6.07) is 42.5. The number of quaternary nitrogens is 2. The molecule has 8 aromatic rings. The molecule has 6 unspecified atom stereocenters. The van der Waals surface area contributed by atoms with E-state index >= 15 is 0 Å². The molecule has 0 saturated carbocycles. The second-order valence-electron chi connectivity index (χ2n) is 20.1. The number of benzene rings is 6. The van der Waals surface area contributed by atoms with Crippen LogP contribution >= 0.6 is 53.1 Å². The normalized spacial score (nSPS) is 16.6. The van der Waals surface area contributed by atoms with E-state index in [0.717, 1.165) is 63.2 Å². The number of esters is 2. The van der Waals surface area contributed by atoms with Gasteiger partial charge in [-0.25, -0.2) is 9.59 Å². The van der Waals surface area contributed by atoms with Gasteiger partial charge in [0, 0.05) is 34.6 Å². The summed E-state index contributed by atoms with van der Waals surface area (Å²) in [4.78, 5) is 73.8. The predicted molar refractivity (Wildman–Crippen MR) is 344 cm³/mol. The molecule has 0 saturated heterocycles. The van der Waals surface area contributed by atoms with E-state index in [2.05, 4.69) is 57.2 Å². The Morgan fingerprint density at radius 1 is 0.478 bits per heavy atom. The first-order valence-corrected chi connectivity index (χ1v) is 36.0. The molecule has 0 radical (unpaired) electrons. The Bertz CT molecular complexity index is 3480. The Morgan fingerprint density at radius 3 is 1.04 bits per heavy atom. The van der Waals surface area contributed by atoms with Gasteiger partial charge in [-0.1, -0.05) is 60.7 Å². The SMILES string of the molecule is CCOC(=O)c1c(N)sc2c1CC[NH+](Cc1ccccc1)C2.CCOC(=O)c1c(N)sc2c1CC[NH+](Cc1ccccc1)C2.COc1ccc(P(=O)([O-])OP(=O)(O)c2ccc(OC)cc2)cc1.COc1ccc(P(=O)([O-])OP(=O)(O)c2ccc(OC)cc2)cc1. The van der Waals surface area contributed by atoms with Crippen molar-refractivity contribution < 1.29 is 94.3 Å². The van der Waals surface area contributed by atoms with Crippen molar-refractivity contribution in [2.75, 3.05) is 66.2 Å². The second-order valence-corrected chi connectivity index (χ2v) is 29.8. The summed E-state index contributed by atoms with van der Waals surface area (Å²) in [5.74, 6) is 1.30. The number of thiophene rings is 2. The highest BCUT2D eigenvalue weighted by molar-refractivity contribution is 7.74. The van der Waals surface area contributed by atoms with E-state index in [9.17, 15) is 47.4 Å². The quantitative estimate of drug-likeness (QED) is 0.0370. The molecule has 0 spiro atoms. The zero-order chi connectivity index (χ0) is 65.2. The number of nitrogens with two attached hydrogens (primary N) is 2. The van der Waals surface area contributed by atoms with Gasteiger partial charge in [-0.3, -0.25) is 17.8 Å². The van der Waals surface area contributed by atoms with Gasteiger partial charge in [0.15, 0.2) is 15.2 Å². The number of hydrogen-bond donors (Lipinski definition) is 6. The zero-order valence-electron chi connectivity index (χ0n) is 50.3. The topological polar surface area (TPSA) is 324 Å². The third kappa shape index (κ3) is 19.1. The van der Waals surface area contributed by atoms with Crippen molar-refractivity contribution in [1.29, 1.82) is 0 Å². The lowest BCUT2D eigenvalue weighted by Gasteiger charge is -2.26. The van der Waals surface area contributed by atoms with Crippen molar-refractivity contribution in [1.82, 2.24) is 0 Å². The molecule has 0 fully saturated rings. The van der Waals surface area contributed by atoms with Gasteiger partial charge < -0.3 is 78.4 Å². The molecular weight excluding hydrogens is 1280 g/mol. The van der Waals surface area contributed by atoms with Crippen LogP contribution in [0.2, 0.25) is 0 Å². The molecule has 2 aliphatic heterocycles. The van der Waals surface area contributed by atoms with Gasteiger partial charge in [-0.15, -0.1) is 22.7 Å². The van der Waals surface area contributed by atoms with E-state index in [1.807, 2.05) is 26.0 Å². The first-order chi connectivity index (χ1) is 42.9. The van der Waals surface area contributed by atoms with Crippen LogP contribution in [0.4, 0.5) is 10.0 Å². The van der Waals surface area contributed by atoms with E-state index < -0.39 is 30.4 Å². The monoisotopic (exact) mass is 1350 g/mol. The molecule has 6 aromatic carbocycles. The molecule has 2 aliphatic rings. The van der Waals surface area contributed by atoms with Gasteiger partial charge in [0.25, 0.3) is 0 Å². The van der Waals surface area contributed by atoms with E-state index in [4.69, 9.17) is 39.9 Å². The van der Waals surface area contributed by atoms with Crippen molar-refractivity contribution in [3.05, 3.63) is 201 Å². The fraction of sp³-hybridized carbons (Fsp3) is 0.258. The molecule has 480 valence electrons. The van der Waals surface area contributed by atoms with Crippen LogP contribution in [0.3, 0.4) is 0 Å². The summed E-state index contributed by atoms with van der Waals surface area (Å²) in [7, 11) is -12.8. The molecule has 8 N–H and O–H groups in total. The number of fused-ring (bicyclic) bond motifs is 2. The molecule has 4 heterocycles. The number of nitrogen functional groups attached to an aromatic ring is 2. The molecule has 0 amide bonds. The molecule has 0 bridgehead atoms. The molecule has 6 atom stereocenters. The summed E-state index contributed by atoms with van der Waals surface area (Å²) in [5.41, 5.74) is 18.2. The van der Waals surface area contributed by atoms with Crippen molar-refractivity contribution >= 4 is 96.2 Å². The van der Waals surface area contributed by atoms with E-state index in [-0.39, 0.29) is 33.2 Å². The molecule has 2 aromatic heterocycles. The molecule has 28 heteroatoms. The Kier molecular flexibility index (Phi) is 25.4. The fourth-order valence-corrected chi connectivity index (χ4v) is 17.9. The summed E-state index contributed by atoms with van der Waals surface area (Å²) < 4.78 is 87.9. The Morgan fingerprint density at radius 2 is 0.767 bits per heavy atom. The van der Waals surface area contributed by atoms with Gasteiger partial charge in [0.05, 0.1) is 86.2 Å². The third-order valence-electron chi connectivity index (χ3n) is 14.1. The minimum absolute atomic E-state index is 0.150. The van der Waals surface area contributed by atoms with E-state index in [1.165, 1.54) is 156 Å². The summed E-state index contributed by atoms with van der Waals surface area (Å²) in [6.07, 6.45) is 1.78. The number of ether oxygens (including phenoxy) is 6. The van der Waals surface area contributed by atoms with Crippen molar-refractivity contribution in [2.24, 2.45) is 0 Å². The molecule has 0 aliphatic carbocycles. The number of nitrogens with one attached hydrogen (secondary N) is 2. The Balaban J connectivity index is 0.000000171. The number of anilines is 2. The second kappa shape index (κ2) is 32.4. The van der Waals surface area contributed by atoms with Gasteiger partial charge in [0.2, 0.25) is 0 Å².